The fraction of sp³-hybridized carbons (Fsp3) is 0. The zero-order valence-corrected chi connectivity index (χ0v) is 22.7. The average molecular weight is 634 g/mol. The largest absolute Gasteiger partial charge is 0.508 e. The van der Waals surface area contributed by atoms with Gasteiger partial charge in [0, 0.05) is 21.9 Å². The molecule has 6 nitrogen and oxygen atoms in total. The van der Waals surface area contributed by atoms with Crippen LogP contribution in [0.1, 0.15) is 32.2 Å². The third-order valence-electron chi connectivity index (χ3n) is 5.71. The number of hydrogen-bond acceptors (Lipinski definition) is 6. The van der Waals surface area contributed by atoms with Gasteiger partial charge in [-0.15, -0.1) is 0 Å². The van der Waals surface area contributed by atoms with Crippen molar-refractivity contribution in [2.45, 2.75) is 0 Å². The lowest BCUT2D eigenvalue weighted by Gasteiger charge is -1.99. The van der Waals surface area contributed by atoms with Crippen molar-refractivity contribution in [1.29, 1.82) is 0 Å². The first-order chi connectivity index (χ1) is 18.3. The molecule has 188 valence electrons. The van der Waals surface area contributed by atoms with Gasteiger partial charge in [0.2, 0.25) is 11.6 Å². The molecule has 0 spiro atoms. The number of furan rings is 2. The maximum Gasteiger partial charge on any atom is 0.228 e. The Balaban J connectivity index is 0.000000156. The Hall–Kier alpha value is -4.14. The van der Waals surface area contributed by atoms with Crippen molar-refractivity contribution in [2.24, 2.45) is 0 Å². The standard InChI is InChI=1S/C15H8Br2O3.C15H10O3/c16-10-7-11-9(13(17)15(10)19)6-12(20-11)14(18)8-4-2-1-3-5-8;16-12-6-7-13-11(8-12)9-14(18-13)15(17)10-4-2-1-3-5-10/h1-7,19H;1-9,16H. The molecule has 0 bridgehead atoms. The highest BCUT2D eigenvalue weighted by Crippen LogP contribution is 2.40. The Morgan fingerprint density at radius 3 is 1.79 bits per heavy atom. The van der Waals surface area contributed by atoms with Gasteiger partial charge < -0.3 is 19.0 Å². The molecule has 8 heteroatoms. The molecule has 2 aromatic heterocycles. The highest BCUT2D eigenvalue weighted by Gasteiger charge is 2.18. The molecule has 0 saturated heterocycles. The molecule has 0 aliphatic rings. The van der Waals surface area contributed by atoms with E-state index >= 15 is 0 Å². The van der Waals surface area contributed by atoms with E-state index in [4.69, 9.17) is 8.83 Å². The molecule has 0 fully saturated rings. The lowest BCUT2D eigenvalue weighted by atomic mass is 10.1. The lowest BCUT2D eigenvalue weighted by molar-refractivity contribution is 0.100. The minimum Gasteiger partial charge on any atom is -0.508 e. The molecule has 2 N–H and O–H groups in total. The smallest absolute Gasteiger partial charge is 0.228 e. The van der Waals surface area contributed by atoms with Crippen molar-refractivity contribution in [2.75, 3.05) is 0 Å². The van der Waals surface area contributed by atoms with Crippen LogP contribution in [0, 0.1) is 0 Å². The summed E-state index contributed by atoms with van der Waals surface area (Å²) in [6.45, 7) is 0. The van der Waals surface area contributed by atoms with Crippen LogP contribution in [0.5, 0.6) is 11.5 Å². The Kier molecular flexibility index (Phi) is 7.18. The molecule has 2 heterocycles. The summed E-state index contributed by atoms with van der Waals surface area (Å²) in [5, 5.41) is 20.6. The number of rotatable bonds is 4. The van der Waals surface area contributed by atoms with Gasteiger partial charge in [-0.25, -0.2) is 0 Å². The maximum atomic E-state index is 12.3. The molecule has 0 unspecified atom stereocenters. The predicted octanol–water partition coefficient (Wildman–Crippen LogP) is 8.26. The van der Waals surface area contributed by atoms with Crippen LogP contribution in [-0.2, 0) is 0 Å². The Bertz CT molecular complexity index is 1790. The van der Waals surface area contributed by atoms with Gasteiger partial charge in [-0.05, 0) is 68.3 Å². The molecule has 0 saturated carbocycles. The van der Waals surface area contributed by atoms with Gasteiger partial charge in [0.15, 0.2) is 11.5 Å². The summed E-state index contributed by atoms with van der Waals surface area (Å²) in [6, 6.07) is 27.5. The topological polar surface area (TPSA) is 101 Å². The number of fused-ring (bicyclic) bond motifs is 2. The minimum absolute atomic E-state index is 0.0806. The second-order valence-electron chi connectivity index (χ2n) is 8.27. The zero-order chi connectivity index (χ0) is 26.8. The second-order valence-corrected chi connectivity index (χ2v) is 9.91. The number of phenolic OH excluding ortho intramolecular Hbond substituents is 2. The highest BCUT2D eigenvalue weighted by atomic mass is 79.9. The maximum absolute atomic E-state index is 12.3. The average Bonchev–Trinajstić information content (AvgIpc) is 3.56. The summed E-state index contributed by atoms with van der Waals surface area (Å²) in [5.41, 5.74) is 2.26. The molecule has 0 atom stereocenters. The number of phenols is 2. The number of carbonyl (C=O) groups excluding carboxylic acids is 2. The number of halogens is 2. The summed E-state index contributed by atoms with van der Waals surface area (Å²) in [6.07, 6.45) is 0. The van der Waals surface area contributed by atoms with Crippen molar-refractivity contribution in [3.63, 3.8) is 0 Å². The van der Waals surface area contributed by atoms with Gasteiger partial charge in [0.1, 0.15) is 22.7 Å². The second kappa shape index (κ2) is 10.7. The van der Waals surface area contributed by atoms with Crippen molar-refractivity contribution >= 4 is 65.4 Å². The fourth-order valence-corrected chi connectivity index (χ4v) is 5.01. The van der Waals surface area contributed by atoms with Gasteiger partial charge in [-0.3, -0.25) is 9.59 Å². The van der Waals surface area contributed by atoms with Crippen LogP contribution in [0.4, 0.5) is 0 Å². The number of ketones is 2. The molecule has 0 aliphatic heterocycles. The van der Waals surface area contributed by atoms with Crippen LogP contribution in [0.25, 0.3) is 21.9 Å². The van der Waals surface area contributed by atoms with Crippen LogP contribution >= 0.6 is 31.9 Å². The van der Waals surface area contributed by atoms with Crippen LogP contribution < -0.4 is 0 Å². The zero-order valence-electron chi connectivity index (χ0n) is 19.5. The van der Waals surface area contributed by atoms with E-state index in [2.05, 4.69) is 31.9 Å². The number of aromatic hydroxyl groups is 2. The van der Waals surface area contributed by atoms with E-state index in [1.807, 2.05) is 24.3 Å². The normalized spacial score (nSPS) is 10.8. The first kappa shape index (κ1) is 25.5. The fourth-order valence-electron chi connectivity index (χ4n) is 3.82. The third kappa shape index (κ3) is 5.14. The summed E-state index contributed by atoms with van der Waals surface area (Å²) < 4.78 is 12.1. The Morgan fingerprint density at radius 2 is 1.18 bits per heavy atom. The summed E-state index contributed by atoms with van der Waals surface area (Å²) in [5.74, 6) is 0.404. The SMILES string of the molecule is O=C(c1ccccc1)c1cc2c(Br)c(O)c(Br)cc2o1.O=C(c1ccccc1)c1cc2cc(O)ccc2o1. The first-order valence-corrected chi connectivity index (χ1v) is 12.9. The van der Waals surface area contributed by atoms with Crippen LogP contribution in [0.2, 0.25) is 0 Å². The van der Waals surface area contributed by atoms with E-state index in [0.29, 0.717) is 42.0 Å². The van der Waals surface area contributed by atoms with Gasteiger partial charge in [-0.1, -0.05) is 60.7 Å². The molecular formula is C30H18Br2O6. The number of carbonyl (C=O) groups is 2. The molecule has 0 aliphatic carbocycles. The van der Waals surface area contributed by atoms with E-state index in [1.165, 1.54) is 6.07 Å². The third-order valence-corrected chi connectivity index (χ3v) is 7.12. The van der Waals surface area contributed by atoms with Crippen molar-refractivity contribution < 1.29 is 28.6 Å². The summed E-state index contributed by atoms with van der Waals surface area (Å²) in [7, 11) is 0. The Morgan fingerprint density at radius 1 is 0.632 bits per heavy atom. The Labute approximate surface area is 233 Å². The van der Waals surface area contributed by atoms with Crippen LogP contribution in [0.15, 0.2) is 115 Å². The van der Waals surface area contributed by atoms with Crippen LogP contribution in [-0.4, -0.2) is 21.8 Å². The minimum atomic E-state index is -0.190. The van der Waals surface area contributed by atoms with Crippen LogP contribution in [0.3, 0.4) is 0 Å². The van der Waals surface area contributed by atoms with E-state index in [1.54, 1.807) is 66.7 Å². The van der Waals surface area contributed by atoms with Gasteiger partial charge in [0.05, 0.1) is 8.95 Å². The molecule has 6 rings (SSSR count). The van der Waals surface area contributed by atoms with Gasteiger partial charge >= 0.3 is 0 Å². The molecule has 6 aromatic rings. The van der Waals surface area contributed by atoms with E-state index in [9.17, 15) is 19.8 Å². The van der Waals surface area contributed by atoms with E-state index < -0.39 is 0 Å². The summed E-state index contributed by atoms with van der Waals surface area (Å²) in [4.78, 5) is 24.5. The van der Waals surface area contributed by atoms with Gasteiger partial charge in [-0.2, -0.15) is 0 Å². The molecule has 38 heavy (non-hydrogen) atoms. The highest BCUT2D eigenvalue weighted by molar-refractivity contribution is 9.11. The van der Waals surface area contributed by atoms with E-state index in [0.717, 1.165) is 0 Å². The molecule has 0 amide bonds. The van der Waals surface area contributed by atoms with Gasteiger partial charge in [0.25, 0.3) is 0 Å². The van der Waals surface area contributed by atoms with Crippen molar-refractivity contribution in [1.82, 2.24) is 0 Å². The molecule has 0 radical (unpaired) electrons. The predicted molar refractivity (Wildman–Crippen MR) is 151 cm³/mol. The first-order valence-electron chi connectivity index (χ1n) is 11.3. The summed E-state index contributed by atoms with van der Waals surface area (Å²) >= 11 is 6.53. The number of benzene rings is 4. The van der Waals surface area contributed by atoms with Crippen molar-refractivity contribution in [3.05, 3.63) is 129 Å². The molecular weight excluding hydrogens is 616 g/mol. The van der Waals surface area contributed by atoms with Crippen molar-refractivity contribution in [3.8, 4) is 11.5 Å². The number of hydrogen-bond donors (Lipinski definition) is 2. The quantitative estimate of drug-likeness (QED) is 0.190. The molecule has 4 aromatic carbocycles. The lowest BCUT2D eigenvalue weighted by Crippen LogP contribution is -1.98. The monoisotopic (exact) mass is 632 g/mol. The van der Waals surface area contributed by atoms with E-state index in [-0.39, 0.29) is 34.6 Å².